The molecule has 0 unspecified atom stereocenters. The van der Waals surface area contributed by atoms with E-state index in [4.69, 9.17) is 9.47 Å². The van der Waals surface area contributed by atoms with Gasteiger partial charge in [-0.15, -0.1) is 0 Å². The molecule has 2 aliphatic heterocycles. The molecule has 0 aromatic rings. The SMILES string of the molecule is CO[C@H]1C=C[C@@H]2O[C@H]1C[C@H]2C(C)=O. The molecule has 0 aromatic heterocycles. The van der Waals surface area contributed by atoms with Crippen molar-refractivity contribution in [3.8, 4) is 0 Å². The van der Waals surface area contributed by atoms with Crippen molar-refractivity contribution in [2.75, 3.05) is 7.11 Å². The minimum atomic E-state index is -0.00565. The predicted octanol–water partition coefficient (Wildman–Crippen LogP) is 0.934. The number of Topliss-reactive ketones (excluding diaryl/α,β-unsaturated/α-hetero) is 1. The van der Waals surface area contributed by atoms with Crippen molar-refractivity contribution in [1.82, 2.24) is 0 Å². The fourth-order valence-corrected chi connectivity index (χ4v) is 2.10. The molecule has 0 aliphatic carbocycles. The highest BCUT2D eigenvalue weighted by molar-refractivity contribution is 5.79. The van der Waals surface area contributed by atoms with Gasteiger partial charge < -0.3 is 9.47 Å². The van der Waals surface area contributed by atoms with Crippen molar-refractivity contribution < 1.29 is 14.3 Å². The number of fused-ring (bicyclic) bond motifs is 2. The van der Waals surface area contributed by atoms with E-state index in [1.54, 1.807) is 14.0 Å². The summed E-state index contributed by atoms with van der Waals surface area (Å²) in [6, 6.07) is 0. The van der Waals surface area contributed by atoms with E-state index in [2.05, 4.69) is 0 Å². The van der Waals surface area contributed by atoms with E-state index >= 15 is 0 Å². The van der Waals surface area contributed by atoms with Gasteiger partial charge >= 0.3 is 0 Å². The molecule has 0 radical (unpaired) electrons. The molecule has 0 spiro atoms. The van der Waals surface area contributed by atoms with Crippen molar-refractivity contribution in [2.24, 2.45) is 5.92 Å². The molecule has 1 saturated heterocycles. The Morgan fingerprint density at radius 3 is 2.92 bits per heavy atom. The second-order valence-electron chi connectivity index (χ2n) is 3.68. The molecular weight excluding hydrogens is 168 g/mol. The molecule has 0 N–H and O–H groups in total. The molecular formula is C10H14O3. The van der Waals surface area contributed by atoms with E-state index < -0.39 is 0 Å². The normalized spacial score (nSPS) is 42.3. The van der Waals surface area contributed by atoms with Crippen molar-refractivity contribution >= 4 is 5.78 Å². The van der Waals surface area contributed by atoms with Gasteiger partial charge in [0, 0.05) is 13.0 Å². The van der Waals surface area contributed by atoms with Crippen LogP contribution < -0.4 is 0 Å². The number of carbonyl (C=O) groups is 1. The summed E-state index contributed by atoms with van der Waals surface area (Å²) in [5.41, 5.74) is 0. The topological polar surface area (TPSA) is 35.5 Å². The fraction of sp³-hybridized carbons (Fsp3) is 0.700. The Morgan fingerprint density at radius 2 is 2.31 bits per heavy atom. The van der Waals surface area contributed by atoms with Crippen molar-refractivity contribution in [1.29, 1.82) is 0 Å². The molecule has 72 valence electrons. The van der Waals surface area contributed by atoms with E-state index in [1.165, 1.54) is 0 Å². The smallest absolute Gasteiger partial charge is 0.135 e. The maximum Gasteiger partial charge on any atom is 0.135 e. The average molecular weight is 182 g/mol. The summed E-state index contributed by atoms with van der Waals surface area (Å²) in [5.74, 6) is 0.260. The first-order chi connectivity index (χ1) is 6.22. The molecule has 2 rings (SSSR count). The van der Waals surface area contributed by atoms with E-state index in [-0.39, 0.29) is 30.0 Å². The lowest BCUT2D eigenvalue weighted by Crippen LogP contribution is -2.29. The van der Waals surface area contributed by atoms with E-state index in [1.807, 2.05) is 12.2 Å². The molecule has 2 aliphatic rings. The lowest BCUT2D eigenvalue weighted by molar-refractivity contribution is -0.121. The monoisotopic (exact) mass is 182 g/mol. The molecule has 13 heavy (non-hydrogen) atoms. The summed E-state index contributed by atoms with van der Waals surface area (Å²) in [4.78, 5) is 11.2. The summed E-state index contributed by atoms with van der Waals surface area (Å²) < 4.78 is 10.9. The standard InChI is InChI=1S/C10H14O3/c1-6(11)7-5-10-9(12-2)4-3-8(7)13-10/h3-4,7-10H,5H2,1-2H3/t7-,8-,9-,10-/m0/s1. The minimum Gasteiger partial charge on any atom is -0.375 e. The van der Waals surface area contributed by atoms with Gasteiger partial charge in [-0.1, -0.05) is 12.2 Å². The van der Waals surface area contributed by atoms with Crippen LogP contribution in [0.15, 0.2) is 12.2 Å². The van der Waals surface area contributed by atoms with Crippen molar-refractivity contribution in [3.05, 3.63) is 12.2 Å². The third-order valence-electron chi connectivity index (χ3n) is 2.87. The van der Waals surface area contributed by atoms with Gasteiger partial charge in [-0.25, -0.2) is 0 Å². The van der Waals surface area contributed by atoms with Crippen molar-refractivity contribution in [2.45, 2.75) is 31.7 Å². The van der Waals surface area contributed by atoms with Crippen LogP contribution in [0, 0.1) is 5.92 Å². The largest absolute Gasteiger partial charge is 0.375 e. The molecule has 3 heteroatoms. The van der Waals surface area contributed by atoms with Crippen LogP contribution in [0.4, 0.5) is 0 Å². The highest BCUT2D eigenvalue weighted by atomic mass is 16.5. The number of ether oxygens (including phenoxy) is 2. The first-order valence-corrected chi connectivity index (χ1v) is 4.59. The first kappa shape index (κ1) is 8.91. The first-order valence-electron chi connectivity index (χ1n) is 4.59. The highest BCUT2D eigenvalue weighted by Gasteiger charge is 2.42. The second-order valence-corrected chi connectivity index (χ2v) is 3.68. The lowest BCUT2D eigenvalue weighted by atomic mass is 9.96. The van der Waals surface area contributed by atoms with Crippen LogP contribution in [-0.4, -0.2) is 31.2 Å². The van der Waals surface area contributed by atoms with Gasteiger partial charge in [-0.3, -0.25) is 4.79 Å². The molecule has 1 fully saturated rings. The van der Waals surface area contributed by atoms with Crippen LogP contribution in [0.3, 0.4) is 0 Å². The zero-order valence-electron chi connectivity index (χ0n) is 7.90. The van der Waals surface area contributed by atoms with Gasteiger partial charge in [0.2, 0.25) is 0 Å². The Labute approximate surface area is 77.7 Å². The summed E-state index contributed by atoms with van der Waals surface area (Å²) in [6.07, 6.45) is 4.85. The molecule has 2 bridgehead atoms. The lowest BCUT2D eigenvalue weighted by Gasteiger charge is -2.22. The Morgan fingerprint density at radius 1 is 1.54 bits per heavy atom. The second kappa shape index (κ2) is 3.24. The predicted molar refractivity (Wildman–Crippen MR) is 47.4 cm³/mol. The van der Waals surface area contributed by atoms with E-state index in [0.29, 0.717) is 0 Å². The van der Waals surface area contributed by atoms with Gasteiger partial charge in [-0.2, -0.15) is 0 Å². The Bertz CT molecular complexity index is 247. The van der Waals surface area contributed by atoms with Crippen LogP contribution in [0.1, 0.15) is 13.3 Å². The zero-order chi connectivity index (χ0) is 9.42. The van der Waals surface area contributed by atoms with Gasteiger partial charge in [0.05, 0.1) is 12.2 Å². The number of hydrogen-bond acceptors (Lipinski definition) is 3. The number of carbonyl (C=O) groups excluding carboxylic acids is 1. The number of rotatable bonds is 2. The maximum atomic E-state index is 11.2. The average Bonchev–Trinajstić information content (AvgIpc) is 2.45. The van der Waals surface area contributed by atoms with Gasteiger partial charge in [0.1, 0.15) is 11.9 Å². The van der Waals surface area contributed by atoms with E-state index in [9.17, 15) is 4.79 Å². The zero-order valence-corrected chi connectivity index (χ0v) is 7.90. The Balaban J connectivity index is 2.14. The number of methoxy groups -OCH3 is 1. The maximum absolute atomic E-state index is 11.2. The minimum absolute atomic E-state index is 0.00565. The van der Waals surface area contributed by atoms with Crippen LogP contribution in [0.5, 0.6) is 0 Å². The van der Waals surface area contributed by atoms with E-state index in [0.717, 1.165) is 6.42 Å². The van der Waals surface area contributed by atoms with Gasteiger partial charge in [-0.05, 0) is 13.3 Å². The van der Waals surface area contributed by atoms with Crippen LogP contribution >= 0.6 is 0 Å². The number of hydrogen-bond donors (Lipinski definition) is 0. The number of ketones is 1. The Kier molecular flexibility index (Phi) is 2.22. The van der Waals surface area contributed by atoms with Crippen LogP contribution in [-0.2, 0) is 14.3 Å². The van der Waals surface area contributed by atoms with Gasteiger partial charge in [0.15, 0.2) is 0 Å². The summed E-state index contributed by atoms with van der Waals surface area (Å²) in [7, 11) is 1.67. The molecule has 2 heterocycles. The molecule has 0 saturated carbocycles. The molecule has 4 atom stereocenters. The third kappa shape index (κ3) is 1.42. The van der Waals surface area contributed by atoms with Gasteiger partial charge in [0.25, 0.3) is 0 Å². The Hall–Kier alpha value is -0.670. The summed E-state index contributed by atoms with van der Waals surface area (Å²) in [6.45, 7) is 1.63. The molecule has 3 nitrogen and oxygen atoms in total. The van der Waals surface area contributed by atoms with Crippen LogP contribution in [0.2, 0.25) is 0 Å². The highest BCUT2D eigenvalue weighted by Crippen LogP contribution is 2.34. The third-order valence-corrected chi connectivity index (χ3v) is 2.87. The quantitative estimate of drug-likeness (QED) is 0.596. The summed E-state index contributed by atoms with van der Waals surface area (Å²) in [5, 5.41) is 0. The fourth-order valence-electron chi connectivity index (χ4n) is 2.10. The molecule has 0 amide bonds. The van der Waals surface area contributed by atoms with Crippen LogP contribution in [0.25, 0.3) is 0 Å². The summed E-state index contributed by atoms with van der Waals surface area (Å²) >= 11 is 0. The molecule has 0 aromatic carbocycles. The van der Waals surface area contributed by atoms with Crippen molar-refractivity contribution in [3.63, 3.8) is 0 Å².